The van der Waals surface area contributed by atoms with E-state index in [0.29, 0.717) is 11.4 Å². The lowest BCUT2D eigenvalue weighted by Gasteiger charge is -2.15. The van der Waals surface area contributed by atoms with E-state index in [1.54, 1.807) is 6.20 Å². The average molecular weight is 376 g/mol. The van der Waals surface area contributed by atoms with E-state index in [1.165, 1.54) is 5.57 Å². The molecule has 0 fully saturated rings. The third-order valence-electron chi connectivity index (χ3n) is 4.09. The fourth-order valence-electron chi connectivity index (χ4n) is 2.30. The monoisotopic (exact) mass is 375 g/mol. The summed E-state index contributed by atoms with van der Waals surface area (Å²) in [6.07, 6.45) is 24.9. The fraction of sp³-hybridized carbons (Fsp3) is 0.280. The van der Waals surface area contributed by atoms with Crippen molar-refractivity contribution in [3.05, 3.63) is 97.1 Å². The lowest BCUT2D eigenvalue weighted by molar-refractivity contribution is 0.560. The predicted octanol–water partition coefficient (Wildman–Crippen LogP) is 6.69. The maximum Gasteiger partial charge on any atom is 0.0777 e. The Labute approximate surface area is 170 Å². The first-order valence-electron chi connectivity index (χ1n) is 9.62. The highest BCUT2D eigenvalue weighted by Crippen LogP contribution is 2.07. The average Bonchev–Trinajstić information content (AvgIpc) is 2.67. The van der Waals surface area contributed by atoms with Gasteiger partial charge in [-0.2, -0.15) is 0 Å². The minimum absolute atomic E-state index is 0.476. The van der Waals surface area contributed by atoms with Gasteiger partial charge in [-0.05, 0) is 69.4 Å². The van der Waals surface area contributed by atoms with Gasteiger partial charge in [-0.15, -0.1) is 6.58 Å². The van der Waals surface area contributed by atoms with Crippen molar-refractivity contribution in [2.75, 3.05) is 6.54 Å². The quantitative estimate of drug-likeness (QED) is 0.244. The molecule has 3 heteroatoms. The Morgan fingerprint density at radius 3 is 2.46 bits per heavy atom. The summed E-state index contributed by atoms with van der Waals surface area (Å²) in [6.45, 7) is 14.4. The summed E-state index contributed by atoms with van der Waals surface area (Å²) in [7, 11) is 0. The zero-order valence-electron chi connectivity index (χ0n) is 17.5. The van der Waals surface area contributed by atoms with Crippen LogP contribution >= 0.6 is 0 Å². The van der Waals surface area contributed by atoms with Gasteiger partial charge >= 0.3 is 0 Å². The van der Waals surface area contributed by atoms with E-state index in [9.17, 15) is 0 Å². The Bertz CT molecular complexity index is 752. The molecule has 1 rings (SSSR count). The van der Waals surface area contributed by atoms with Crippen LogP contribution in [0, 0.1) is 5.41 Å². The normalized spacial score (nSPS) is 15.5. The molecule has 0 unspecified atom stereocenters. The molecule has 0 bridgehead atoms. The molecule has 0 aromatic carbocycles. The third kappa shape index (κ3) is 10.3. The van der Waals surface area contributed by atoms with Crippen LogP contribution in [0.25, 0.3) is 0 Å². The standard InChI is InChI=1S/C25H33N3/c1-21(2)13-10-8-6-7-9-11-14-23(4)25(26)24(5)27-17-12-18-28-19-15-22(3)16-20-28/h6-9,12,14-17,19-20,26H,1,3,10-11,13,18H2,2,4-5H3/b8-6?,9-7-,17-12+,23-14+,26-25?,27-24?. The molecule has 1 aliphatic rings. The number of allylic oxidation sites excluding steroid dienone is 10. The van der Waals surface area contributed by atoms with Crippen molar-refractivity contribution in [1.29, 1.82) is 5.41 Å². The molecule has 1 N–H and O–H groups in total. The molecule has 0 aromatic heterocycles. The molecular weight excluding hydrogens is 342 g/mol. The molecule has 1 aliphatic heterocycles. The van der Waals surface area contributed by atoms with Crippen molar-refractivity contribution in [1.82, 2.24) is 4.90 Å². The Kier molecular flexibility index (Phi) is 10.9. The second-order valence-electron chi connectivity index (χ2n) is 6.85. The highest BCUT2D eigenvalue weighted by molar-refractivity contribution is 6.46. The van der Waals surface area contributed by atoms with E-state index in [4.69, 9.17) is 5.41 Å². The lowest BCUT2D eigenvalue weighted by Crippen LogP contribution is -2.11. The molecule has 1 heterocycles. The second-order valence-corrected chi connectivity index (χ2v) is 6.85. The van der Waals surface area contributed by atoms with Gasteiger partial charge in [0.1, 0.15) is 0 Å². The highest BCUT2D eigenvalue weighted by atomic mass is 15.1. The Morgan fingerprint density at radius 1 is 1.11 bits per heavy atom. The first-order valence-corrected chi connectivity index (χ1v) is 9.62. The van der Waals surface area contributed by atoms with Crippen LogP contribution in [0.1, 0.15) is 40.0 Å². The molecule has 0 saturated heterocycles. The minimum atomic E-state index is 0.476. The molecular formula is C25H33N3. The van der Waals surface area contributed by atoms with E-state index < -0.39 is 0 Å². The number of hydrogen-bond donors (Lipinski definition) is 1. The van der Waals surface area contributed by atoms with Gasteiger partial charge in [-0.3, -0.25) is 10.4 Å². The Morgan fingerprint density at radius 2 is 1.79 bits per heavy atom. The molecule has 0 aromatic rings. The number of nitrogens with one attached hydrogen (secondary N) is 1. The largest absolute Gasteiger partial charge is 0.350 e. The summed E-state index contributed by atoms with van der Waals surface area (Å²) in [5.41, 5.74) is 4.34. The molecule has 0 amide bonds. The summed E-state index contributed by atoms with van der Waals surface area (Å²) >= 11 is 0. The van der Waals surface area contributed by atoms with Crippen molar-refractivity contribution in [3.8, 4) is 0 Å². The molecule has 0 atom stereocenters. The first kappa shape index (κ1) is 23.1. The minimum Gasteiger partial charge on any atom is -0.350 e. The van der Waals surface area contributed by atoms with Crippen LogP contribution in [0.3, 0.4) is 0 Å². The van der Waals surface area contributed by atoms with Gasteiger partial charge in [0.2, 0.25) is 0 Å². The fourth-order valence-corrected chi connectivity index (χ4v) is 2.30. The van der Waals surface area contributed by atoms with Crippen LogP contribution < -0.4 is 0 Å². The van der Waals surface area contributed by atoms with Crippen LogP contribution in [0.4, 0.5) is 0 Å². The van der Waals surface area contributed by atoms with Crippen molar-refractivity contribution in [3.63, 3.8) is 0 Å². The third-order valence-corrected chi connectivity index (χ3v) is 4.09. The topological polar surface area (TPSA) is 39.5 Å². The zero-order valence-corrected chi connectivity index (χ0v) is 17.5. The summed E-state index contributed by atoms with van der Waals surface area (Å²) in [6, 6.07) is 0. The first-order chi connectivity index (χ1) is 13.4. The van der Waals surface area contributed by atoms with E-state index in [0.717, 1.165) is 37.0 Å². The van der Waals surface area contributed by atoms with E-state index >= 15 is 0 Å². The smallest absolute Gasteiger partial charge is 0.0777 e. The number of aliphatic imine (C=N–C) groups is 1. The summed E-state index contributed by atoms with van der Waals surface area (Å²) in [4.78, 5) is 6.43. The van der Waals surface area contributed by atoms with Gasteiger partial charge < -0.3 is 4.90 Å². The molecule has 28 heavy (non-hydrogen) atoms. The van der Waals surface area contributed by atoms with E-state index in [1.807, 2.05) is 62.4 Å². The van der Waals surface area contributed by atoms with Crippen LogP contribution in [-0.2, 0) is 0 Å². The van der Waals surface area contributed by atoms with Gasteiger partial charge in [-0.1, -0.05) is 42.5 Å². The molecule has 148 valence electrons. The van der Waals surface area contributed by atoms with Crippen LogP contribution in [0.5, 0.6) is 0 Å². The van der Waals surface area contributed by atoms with Crippen LogP contribution in [0.15, 0.2) is 102 Å². The summed E-state index contributed by atoms with van der Waals surface area (Å²) < 4.78 is 0. The van der Waals surface area contributed by atoms with E-state index in [2.05, 4.69) is 42.5 Å². The SMILES string of the molecule is C=C1C=CN(C/C=C/N=C(C)C(=N)/C(C)=C/C/C=C\C=CCCC(=C)C)C=C1. The molecule has 0 spiro atoms. The van der Waals surface area contributed by atoms with Gasteiger partial charge in [0.25, 0.3) is 0 Å². The molecule has 3 nitrogen and oxygen atoms in total. The van der Waals surface area contributed by atoms with E-state index in [-0.39, 0.29) is 0 Å². The lowest BCUT2D eigenvalue weighted by atomic mass is 10.1. The second kappa shape index (κ2) is 13.3. The van der Waals surface area contributed by atoms with Gasteiger partial charge in [0.05, 0.1) is 11.4 Å². The van der Waals surface area contributed by atoms with Crippen molar-refractivity contribution in [2.24, 2.45) is 4.99 Å². The zero-order chi connectivity index (χ0) is 20.8. The summed E-state index contributed by atoms with van der Waals surface area (Å²) in [5, 5.41) is 8.24. The van der Waals surface area contributed by atoms with Crippen molar-refractivity contribution < 1.29 is 0 Å². The maximum atomic E-state index is 8.24. The van der Waals surface area contributed by atoms with Gasteiger partial charge in [0, 0.05) is 25.1 Å². The molecule has 0 saturated carbocycles. The Balaban J connectivity index is 2.40. The molecule has 0 radical (unpaired) electrons. The number of hydrogen-bond acceptors (Lipinski definition) is 3. The predicted molar refractivity (Wildman–Crippen MR) is 125 cm³/mol. The van der Waals surface area contributed by atoms with Crippen molar-refractivity contribution in [2.45, 2.75) is 40.0 Å². The maximum absolute atomic E-state index is 8.24. The highest BCUT2D eigenvalue weighted by Gasteiger charge is 2.02. The van der Waals surface area contributed by atoms with Crippen LogP contribution in [-0.4, -0.2) is 22.9 Å². The van der Waals surface area contributed by atoms with Gasteiger partial charge in [0.15, 0.2) is 0 Å². The van der Waals surface area contributed by atoms with Gasteiger partial charge in [-0.25, -0.2) is 0 Å². The number of rotatable bonds is 11. The Hall–Kier alpha value is -2.94. The summed E-state index contributed by atoms with van der Waals surface area (Å²) in [5.74, 6) is 0. The number of nitrogens with zero attached hydrogens (tertiary/aromatic N) is 2. The van der Waals surface area contributed by atoms with Crippen molar-refractivity contribution >= 4 is 11.4 Å². The molecule has 0 aliphatic carbocycles. The van der Waals surface area contributed by atoms with Crippen LogP contribution in [0.2, 0.25) is 0 Å².